The van der Waals surface area contributed by atoms with Crippen molar-refractivity contribution in [2.24, 2.45) is 0 Å². The van der Waals surface area contributed by atoms with E-state index >= 15 is 0 Å². The van der Waals surface area contributed by atoms with Gasteiger partial charge in [-0.2, -0.15) is 0 Å². The van der Waals surface area contributed by atoms with Gasteiger partial charge in [0.25, 0.3) is 0 Å². The summed E-state index contributed by atoms with van der Waals surface area (Å²) in [6, 6.07) is 24.8. The molecule has 0 aliphatic heterocycles. The number of hydrogen-bond acceptors (Lipinski definition) is 4. The van der Waals surface area contributed by atoms with E-state index in [1.165, 1.54) is 0 Å². The molecule has 0 saturated heterocycles. The first-order valence-electron chi connectivity index (χ1n) is 13.1. The first-order valence-corrected chi connectivity index (χ1v) is 13.1. The Morgan fingerprint density at radius 1 is 0.784 bits per heavy atom. The summed E-state index contributed by atoms with van der Waals surface area (Å²) in [6.07, 6.45) is 1.25. The normalized spacial score (nSPS) is 11.4. The third kappa shape index (κ3) is 8.38. The van der Waals surface area contributed by atoms with E-state index in [2.05, 4.69) is 5.32 Å². The Kier molecular flexibility index (Phi) is 11.0. The van der Waals surface area contributed by atoms with Crippen molar-refractivity contribution in [2.45, 2.75) is 52.6 Å². The van der Waals surface area contributed by atoms with E-state index in [4.69, 9.17) is 9.47 Å². The van der Waals surface area contributed by atoms with Crippen LogP contribution in [0.5, 0.6) is 11.5 Å². The van der Waals surface area contributed by atoms with Gasteiger partial charge in [-0.1, -0.05) is 66.7 Å². The number of benzene rings is 3. The smallest absolute Gasteiger partial charge is 0.243 e. The van der Waals surface area contributed by atoms with Crippen molar-refractivity contribution in [2.75, 3.05) is 19.8 Å². The van der Waals surface area contributed by atoms with Crippen LogP contribution in [0, 0.1) is 0 Å². The van der Waals surface area contributed by atoms with Gasteiger partial charge >= 0.3 is 0 Å². The molecule has 0 saturated carbocycles. The Hall–Kier alpha value is -3.80. The number of nitrogens with zero attached hydrogens (tertiary/aromatic N) is 1. The van der Waals surface area contributed by atoms with Gasteiger partial charge in [-0.3, -0.25) is 9.59 Å². The molecule has 0 aromatic heterocycles. The van der Waals surface area contributed by atoms with Gasteiger partial charge in [-0.15, -0.1) is 0 Å². The third-order valence-electron chi connectivity index (χ3n) is 6.05. The van der Waals surface area contributed by atoms with E-state index in [0.717, 1.165) is 16.7 Å². The van der Waals surface area contributed by atoms with E-state index in [0.29, 0.717) is 50.6 Å². The molecule has 6 heteroatoms. The first kappa shape index (κ1) is 27.8. The van der Waals surface area contributed by atoms with E-state index in [1.807, 2.05) is 99.6 Å². The molecule has 3 aromatic carbocycles. The van der Waals surface area contributed by atoms with Gasteiger partial charge in [0, 0.05) is 25.9 Å². The molecule has 1 atom stereocenters. The fraction of sp³-hybridized carbons (Fsp3) is 0.355. The molecule has 1 N–H and O–H groups in total. The average Bonchev–Trinajstić information content (AvgIpc) is 2.92. The summed E-state index contributed by atoms with van der Waals surface area (Å²) < 4.78 is 11.4. The summed E-state index contributed by atoms with van der Waals surface area (Å²) in [5.41, 5.74) is 2.98. The lowest BCUT2D eigenvalue weighted by atomic mass is 10.0. The van der Waals surface area contributed by atoms with Gasteiger partial charge in [-0.05, 0) is 56.0 Å². The Labute approximate surface area is 220 Å². The summed E-state index contributed by atoms with van der Waals surface area (Å²) in [4.78, 5) is 28.7. The second kappa shape index (κ2) is 14.7. The number of aryl methyl sites for hydroxylation is 1. The van der Waals surface area contributed by atoms with Crippen molar-refractivity contribution in [3.8, 4) is 11.5 Å². The van der Waals surface area contributed by atoms with Crippen LogP contribution in [-0.2, 0) is 29.0 Å². The second-order valence-corrected chi connectivity index (χ2v) is 8.75. The summed E-state index contributed by atoms with van der Waals surface area (Å²) >= 11 is 0. The van der Waals surface area contributed by atoms with Crippen molar-refractivity contribution in [1.29, 1.82) is 0 Å². The zero-order chi connectivity index (χ0) is 26.5. The highest BCUT2D eigenvalue weighted by Crippen LogP contribution is 2.29. The fourth-order valence-electron chi connectivity index (χ4n) is 4.27. The highest BCUT2D eigenvalue weighted by atomic mass is 16.5. The van der Waals surface area contributed by atoms with Gasteiger partial charge in [-0.25, -0.2) is 0 Å². The van der Waals surface area contributed by atoms with Gasteiger partial charge in [0.05, 0.1) is 13.2 Å². The van der Waals surface area contributed by atoms with Crippen LogP contribution in [0.25, 0.3) is 0 Å². The topological polar surface area (TPSA) is 67.9 Å². The molecule has 0 radical (unpaired) electrons. The minimum atomic E-state index is -0.616. The molecule has 0 unspecified atom stereocenters. The Bertz CT molecular complexity index is 1120. The van der Waals surface area contributed by atoms with Crippen LogP contribution < -0.4 is 14.8 Å². The van der Waals surface area contributed by atoms with Crippen LogP contribution >= 0.6 is 0 Å². The number of carbonyl (C=O) groups is 2. The highest BCUT2D eigenvalue weighted by Gasteiger charge is 2.30. The van der Waals surface area contributed by atoms with Crippen molar-refractivity contribution in [1.82, 2.24) is 10.2 Å². The molecule has 3 rings (SSSR count). The minimum absolute atomic E-state index is 0.0668. The predicted octanol–water partition coefficient (Wildman–Crippen LogP) is 5.19. The van der Waals surface area contributed by atoms with Crippen molar-refractivity contribution in [3.05, 3.63) is 95.6 Å². The largest absolute Gasteiger partial charge is 0.490 e. The molecular formula is C31H38N2O4. The Morgan fingerprint density at radius 3 is 2.03 bits per heavy atom. The maximum absolute atomic E-state index is 13.7. The summed E-state index contributed by atoms with van der Waals surface area (Å²) in [5, 5.41) is 2.94. The van der Waals surface area contributed by atoms with Crippen LogP contribution in [0.15, 0.2) is 78.9 Å². The number of ether oxygens (including phenoxy) is 2. The third-order valence-corrected chi connectivity index (χ3v) is 6.05. The standard InChI is InChI=1S/C31H38N2O4/c1-4-32-31(35)27(21-24-13-9-7-10-14-24)33(23-26-15-11-8-12-16-26)30(34)20-18-25-17-19-28(36-5-2)29(22-25)37-6-3/h7-17,19,22,27H,4-6,18,20-21,23H2,1-3H3,(H,32,35)/t27-/m1/s1. The first-order chi connectivity index (χ1) is 18.0. The van der Waals surface area contributed by atoms with Crippen LogP contribution in [-0.4, -0.2) is 42.5 Å². The second-order valence-electron chi connectivity index (χ2n) is 8.75. The van der Waals surface area contributed by atoms with E-state index in [9.17, 15) is 9.59 Å². The van der Waals surface area contributed by atoms with E-state index in [-0.39, 0.29) is 18.2 Å². The van der Waals surface area contributed by atoms with E-state index < -0.39 is 6.04 Å². The number of likely N-dealkylation sites (N-methyl/N-ethyl adjacent to an activating group) is 1. The van der Waals surface area contributed by atoms with Crippen LogP contribution in [0.2, 0.25) is 0 Å². The average molecular weight is 503 g/mol. The monoisotopic (exact) mass is 502 g/mol. The lowest BCUT2D eigenvalue weighted by molar-refractivity contribution is -0.141. The molecule has 37 heavy (non-hydrogen) atoms. The lowest BCUT2D eigenvalue weighted by Gasteiger charge is -2.31. The molecule has 0 spiro atoms. The maximum atomic E-state index is 13.7. The molecule has 6 nitrogen and oxygen atoms in total. The Morgan fingerprint density at radius 2 is 1.41 bits per heavy atom. The Balaban J connectivity index is 1.85. The maximum Gasteiger partial charge on any atom is 0.243 e. The summed E-state index contributed by atoms with van der Waals surface area (Å²) in [6.45, 7) is 7.70. The van der Waals surface area contributed by atoms with Crippen LogP contribution in [0.1, 0.15) is 43.9 Å². The zero-order valence-electron chi connectivity index (χ0n) is 22.1. The fourth-order valence-corrected chi connectivity index (χ4v) is 4.27. The molecule has 0 aliphatic carbocycles. The number of nitrogens with one attached hydrogen (secondary N) is 1. The number of carbonyl (C=O) groups excluding carboxylic acids is 2. The van der Waals surface area contributed by atoms with Gasteiger partial charge in [0.15, 0.2) is 11.5 Å². The number of hydrogen-bond donors (Lipinski definition) is 1. The van der Waals surface area contributed by atoms with Gasteiger partial charge in [0.2, 0.25) is 11.8 Å². The molecule has 3 aromatic rings. The van der Waals surface area contributed by atoms with Crippen molar-refractivity contribution in [3.63, 3.8) is 0 Å². The molecule has 2 amide bonds. The summed E-state index contributed by atoms with van der Waals surface area (Å²) in [7, 11) is 0. The van der Waals surface area contributed by atoms with Crippen molar-refractivity contribution < 1.29 is 19.1 Å². The van der Waals surface area contributed by atoms with Crippen LogP contribution in [0.3, 0.4) is 0 Å². The SMILES string of the molecule is CCNC(=O)[C@@H](Cc1ccccc1)N(Cc1ccccc1)C(=O)CCc1ccc(OCC)c(OCC)c1. The molecule has 0 fully saturated rings. The number of amides is 2. The molecule has 0 aliphatic rings. The molecular weight excluding hydrogens is 464 g/mol. The highest BCUT2D eigenvalue weighted by molar-refractivity contribution is 5.88. The van der Waals surface area contributed by atoms with Crippen LogP contribution in [0.4, 0.5) is 0 Å². The molecule has 196 valence electrons. The van der Waals surface area contributed by atoms with Crippen molar-refractivity contribution >= 4 is 11.8 Å². The quantitative estimate of drug-likeness (QED) is 0.329. The zero-order valence-corrected chi connectivity index (χ0v) is 22.1. The number of rotatable bonds is 14. The summed E-state index contributed by atoms with van der Waals surface area (Å²) in [5.74, 6) is 1.17. The van der Waals surface area contributed by atoms with Gasteiger partial charge < -0.3 is 19.7 Å². The lowest BCUT2D eigenvalue weighted by Crippen LogP contribution is -2.50. The molecule has 0 heterocycles. The van der Waals surface area contributed by atoms with Gasteiger partial charge in [0.1, 0.15) is 6.04 Å². The predicted molar refractivity (Wildman–Crippen MR) is 147 cm³/mol. The minimum Gasteiger partial charge on any atom is -0.490 e. The van der Waals surface area contributed by atoms with E-state index in [1.54, 1.807) is 4.90 Å². The molecule has 0 bridgehead atoms.